The van der Waals surface area contributed by atoms with Crippen LogP contribution >= 0.6 is 0 Å². The average Bonchev–Trinajstić information content (AvgIpc) is 2.72. The first kappa shape index (κ1) is 19.9. The predicted octanol–water partition coefficient (Wildman–Crippen LogP) is 3.09. The smallest absolute Gasteiger partial charge is 0.279 e. The number of pyridine rings is 1. The van der Waals surface area contributed by atoms with Crippen LogP contribution in [0.15, 0.2) is 42.6 Å². The van der Waals surface area contributed by atoms with Crippen LogP contribution in [0.25, 0.3) is 10.9 Å². The van der Waals surface area contributed by atoms with E-state index in [4.69, 9.17) is 9.47 Å². The highest BCUT2D eigenvalue weighted by Gasteiger charge is 2.27. The number of aromatic hydroxyl groups is 1. The normalized spacial score (nSPS) is 11.7. The largest absolute Gasteiger partial charge is 0.505 e. The molecule has 0 spiro atoms. The number of nitrogens with one attached hydrogen (secondary N) is 1. The summed E-state index contributed by atoms with van der Waals surface area (Å²) < 4.78 is 10.5. The second-order valence-electron chi connectivity index (χ2n) is 6.24. The van der Waals surface area contributed by atoms with Crippen molar-refractivity contribution in [2.75, 3.05) is 14.2 Å². The standard InChI is InChI=1S/C20H19N3O6/c1-11(24)22-18(12-6-7-16(28-2)17(9-12)29-3)14-10-15(23(26)27)13-5-4-8-21-19(13)20(14)25/h4-10,18,25H,1-3H3,(H,22,24). The minimum absolute atomic E-state index is 0.0764. The maximum absolute atomic E-state index is 11.9. The maximum Gasteiger partial charge on any atom is 0.279 e. The highest BCUT2D eigenvalue weighted by molar-refractivity contribution is 5.93. The SMILES string of the molecule is COc1ccc(C(NC(C)=O)c2cc([N+](=O)[O-])c3cccnc3c2O)cc1OC. The molecule has 9 heteroatoms. The Hall–Kier alpha value is -3.88. The average molecular weight is 397 g/mol. The summed E-state index contributed by atoms with van der Waals surface area (Å²) in [5, 5.41) is 25.4. The van der Waals surface area contributed by atoms with Gasteiger partial charge in [-0.05, 0) is 29.8 Å². The number of benzene rings is 2. The summed E-state index contributed by atoms with van der Waals surface area (Å²) in [4.78, 5) is 27.0. The number of phenolic OH excluding ortho intramolecular Hbond substituents is 1. The molecule has 0 fully saturated rings. The molecule has 0 bridgehead atoms. The maximum atomic E-state index is 11.9. The van der Waals surface area contributed by atoms with E-state index in [0.717, 1.165) is 0 Å². The van der Waals surface area contributed by atoms with Gasteiger partial charge >= 0.3 is 0 Å². The second-order valence-corrected chi connectivity index (χ2v) is 6.24. The molecular formula is C20H19N3O6. The van der Waals surface area contributed by atoms with Crippen LogP contribution in [0.5, 0.6) is 17.2 Å². The van der Waals surface area contributed by atoms with Crippen molar-refractivity contribution in [3.8, 4) is 17.2 Å². The lowest BCUT2D eigenvalue weighted by Gasteiger charge is -2.21. The zero-order valence-corrected chi connectivity index (χ0v) is 16.0. The molecule has 29 heavy (non-hydrogen) atoms. The lowest BCUT2D eigenvalue weighted by atomic mass is 9.95. The lowest BCUT2D eigenvalue weighted by Crippen LogP contribution is -2.27. The number of rotatable bonds is 6. The fourth-order valence-corrected chi connectivity index (χ4v) is 3.18. The van der Waals surface area contributed by atoms with Crippen molar-refractivity contribution in [2.45, 2.75) is 13.0 Å². The first-order valence-corrected chi connectivity index (χ1v) is 8.61. The molecule has 150 valence electrons. The number of nitro benzene ring substituents is 1. The fraction of sp³-hybridized carbons (Fsp3) is 0.200. The Balaban J connectivity index is 2.28. The van der Waals surface area contributed by atoms with Crippen molar-refractivity contribution in [3.63, 3.8) is 0 Å². The molecule has 3 rings (SSSR count). The number of carbonyl (C=O) groups is 1. The number of hydrogen-bond acceptors (Lipinski definition) is 7. The number of methoxy groups -OCH3 is 2. The molecular weight excluding hydrogens is 378 g/mol. The Bertz CT molecular complexity index is 1100. The highest BCUT2D eigenvalue weighted by atomic mass is 16.6. The summed E-state index contributed by atoms with van der Waals surface area (Å²) in [6, 6.07) is 8.38. The van der Waals surface area contributed by atoms with Gasteiger partial charge in [-0.2, -0.15) is 0 Å². The van der Waals surface area contributed by atoms with Crippen molar-refractivity contribution in [1.29, 1.82) is 0 Å². The number of ether oxygens (including phenoxy) is 2. The fourth-order valence-electron chi connectivity index (χ4n) is 3.18. The number of aromatic nitrogens is 1. The molecule has 1 aromatic heterocycles. The quantitative estimate of drug-likeness (QED) is 0.484. The van der Waals surface area contributed by atoms with Gasteiger partial charge in [0.25, 0.3) is 5.69 Å². The summed E-state index contributed by atoms with van der Waals surface area (Å²) in [7, 11) is 2.96. The van der Waals surface area contributed by atoms with E-state index in [9.17, 15) is 20.0 Å². The van der Waals surface area contributed by atoms with Gasteiger partial charge in [0.05, 0.1) is 30.6 Å². The van der Waals surface area contributed by atoms with Crippen LogP contribution in [0.4, 0.5) is 5.69 Å². The van der Waals surface area contributed by atoms with Crippen molar-refractivity contribution >= 4 is 22.5 Å². The zero-order valence-electron chi connectivity index (χ0n) is 16.0. The number of phenols is 1. The van der Waals surface area contributed by atoms with Crippen molar-refractivity contribution < 1.29 is 24.3 Å². The molecule has 0 radical (unpaired) electrons. The summed E-state index contributed by atoms with van der Waals surface area (Å²) in [6.45, 7) is 1.32. The van der Waals surface area contributed by atoms with E-state index in [-0.39, 0.29) is 33.8 Å². The number of hydrogen-bond donors (Lipinski definition) is 2. The van der Waals surface area contributed by atoms with Gasteiger partial charge < -0.3 is 19.9 Å². The van der Waals surface area contributed by atoms with Gasteiger partial charge in [0.1, 0.15) is 11.3 Å². The first-order valence-electron chi connectivity index (χ1n) is 8.61. The molecule has 2 aromatic carbocycles. The van der Waals surface area contributed by atoms with Crippen LogP contribution in [0.2, 0.25) is 0 Å². The minimum Gasteiger partial charge on any atom is -0.505 e. The number of amides is 1. The third-order valence-corrected chi connectivity index (χ3v) is 4.47. The van der Waals surface area contributed by atoms with Crippen LogP contribution in [0.1, 0.15) is 24.1 Å². The number of nitrogens with zero attached hydrogens (tertiary/aromatic N) is 2. The van der Waals surface area contributed by atoms with E-state index in [1.165, 1.54) is 39.5 Å². The third kappa shape index (κ3) is 3.75. The topological polar surface area (TPSA) is 124 Å². The van der Waals surface area contributed by atoms with Gasteiger partial charge in [0.15, 0.2) is 11.5 Å². The van der Waals surface area contributed by atoms with Gasteiger partial charge in [-0.15, -0.1) is 0 Å². The second kappa shape index (κ2) is 8.01. The predicted molar refractivity (Wildman–Crippen MR) is 105 cm³/mol. The monoisotopic (exact) mass is 397 g/mol. The molecule has 3 aromatic rings. The van der Waals surface area contributed by atoms with Gasteiger partial charge in [-0.3, -0.25) is 19.9 Å². The number of non-ortho nitro benzene ring substituents is 1. The molecule has 0 aliphatic rings. The van der Waals surface area contributed by atoms with Crippen LogP contribution in [0.3, 0.4) is 0 Å². The third-order valence-electron chi connectivity index (χ3n) is 4.47. The zero-order chi connectivity index (χ0) is 21.1. The Morgan fingerprint density at radius 3 is 2.55 bits per heavy atom. The number of carbonyl (C=O) groups excluding carboxylic acids is 1. The summed E-state index contributed by atoms with van der Waals surface area (Å²) in [6.07, 6.45) is 1.43. The number of fused-ring (bicyclic) bond motifs is 1. The van der Waals surface area contributed by atoms with Crippen LogP contribution in [0, 0.1) is 10.1 Å². The van der Waals surface area contributed by atoms with E-state index in [0.29, 0.717) is 17.1 Å². The van der Waals surface area contributed by atoms with Crippen LogP contribution in [-0.4, -0.2) is 35.1 Å². The lowest BCUT2D eigenvalue weighted by molar-refractivity contribution is -0.383. The summed E-state index contributed by atoms with van der Waals surface area (Å²) in [5.41, 5.74) is 0.535. The van der Waals surface area contributed by atoms with Crippen molar-refractivity contribution in [1.82, 2.24) is 10.3 Å². The molecule has 0 aliphatic carbocycles. The molecule has 2 N–H and O–H groups in total. The van der Waals surface area contributed by atoms with E-state index >= 15 is 0 Å². The molecule has 9 nitrogen and oxygen atoms in total. The molecule has 1 atom stereocenters. The Labute approximate surface area is 166 Å². The molecule has 1 unspecified atom stereocenters. The Kier molecular flexibility index (Phi) is 5.49. The first-order chi connectivity index (χ1) is 13.9. The van der Waals surface area contributed by atoms with E-state index < -0.39 is 11.0 Å². The van der Waals surface area contributed by atoms with Gasteiger partial charge in [-0.25, -0.2) is 0 Å². The molecule has 0 aliphatic heterocycles. The van der Waals surface area contributed by atoms with Crippen LogP contribution in [-0.2, 0) is 4.79 Å². The molecule has 0 saturated heterocycles. The Morgan fingerprint density at radius 2 is 1.93 bits per heavy atom. The van der Waals surface area contributed by atoms with E-state index in [1.807, 2.05) is 0 Å². The molecule has 1 amide bonds. The molecule has 1 heterocycles. The minimum atomic E-state index is -0.877. The summed E-state index contributed by atoms with van der Waals surface area (Å²) >= 11 is 0. The van der Waals surface area contributed by atoms with Gasteiger partial charge in [-0.1, -0.05) is 6.07 Å². The summed E-state index contributed by atoms with van der Waals surface area (Å²) in [5.74, 6) is 0.258. The number of nitro groups is 1. The van der Waals surface area contributed by atoms with Gasteiger partial charge in [0, 0.05) is 24.8 Å². The Morgan fingerprint density at radius 1 is 1.21 bits per heavy atom. The van der Waals surface area contributed by atoms with E-state index in [1.54, 1.807) is 24.3 Å². The van der Waals surface area contributed by atoms with Crippen LogP contribution < -0.4 is 14.8 Å². The highest BCUT2D eigenvalue weighted by Crippen LogP contribution is 2.40. The molecule has 0 saturated carbocycles. The van der Waals surface area contributed by atoms with E-state index in [2.05, 4.69) is 10.3 Å². The van der Waals surface area contributed by atoms with Gasteiger partial charge in [0.2, 0.25) is 5.91 Å². The van der Waals surface area contributed by atoms with Crippen molar-refractivity contribution in [2.24, 2.45) is 0 Å². The van der Waals surface area contributed by atoms with Crippen molar-refractivity contribution in [3.05, 3.63) is 63.8 Å².